The quantitative estimate of drug-likeness (QED) is 0.0509. The van der Waals surface area contributed by atoms with Crippen LogP contribution < -0.4 is 0 Å². The lowest BCUT2D eigenvalue weighted by atomic mass is 10.0. The number of ether oxygens (including phenoxy) is 2. The lowest BCUT2D eigenvalue weighted by Crippen LogP contribution is -2.30. The molecule has 6 nitrogen and oxygen atoms in total. The minimum absolute atomic E-state index is 0.00255. The zero-order chi connectivity index (χ0) is 36.0. The van der Waals surface area contributed by atoms with Crippen molar-refractivity contribution >= 4 is 11.9 Å². The van der Waals surface area contributed by atoms with Crippen molar-refractivity contribution in [3.05, 3.63) is 0 Å². The molecule has 0 amide bonds. The van der Waals surface area contributed by atoms with E-state index < -0.39 is 6.10 Å². The van der Waals surface area contributed by atoms with Gasteiger partial charge in [0, 0.05) is 19.4 Å². The molecule has 1 N–H and O–H groups in total. The Morgan fingerprint density at radius 3 is 1.47 bits per heavy atom. The molecule has 0 heterocycles. The van der Waals surface area contributed by atoms with Gasteiger partial charge in [-0.3, -0.25) is 9.59 Å². The van der Waals surface area contributed by atoms with Crippen molar-refractivity contribution in [3.63, 3.8) is 0 Å². The van der Waals surface area contributed by atoms with Gasteiger partial charge in [-0.2, -0.15) is 0 Å². The summed E-state index contributed by atoms with van der Waals surface area (Å²) in [5.41, 5.74) is 0. The van der Waals surface area contributed by atoms with Crippen LogP contribution in [-0.4, -0.2) is 60.9 Å². The van der Waals surface area contributed by atoms with Gasteiger partial charge in [0.05, 0.1) is 12.7 Å². The molecule has 49 heavy (non-hydrogen) atoms. The van der Waals surface area contributed by atoms with E-state index in [2.05, 4.69) is 32.7 Å². The van der Waals surface area contributed by atoms with Crippen LogP contribution in [0.1, 0.15) is 226 Å². The largest absolute Gasteiger partial charge is 0.466 e. The molecule has 0 bridgehead atoms. The summed E-state index contributed by atoms with van der Waals surface area (Å²) >= 11 is 0. The van der Waals surface area contributed by atoms with Crippen LogP contribution >= 0.6 is 0 Å². The minimum Gasteiger partial charge on any atom is -0.466 e. The van der Waals surface area contributed by atoms with E-state index in [0.717, 1.165) is 64.3 Å². The summed E-state index contributed by atoms with van der Waals surface area (Å²) in [4.78, 5) is 26.9. The Hall–Kier alpha value is -1.14. The van der Waals surface area contributed by atoms with Gasteiger partial charge in [-0.25, -0.2) is 0 Å². The zero-order valence-electron chi connectivity index (χ0n) is 33.4. The minimum atomic E-state index is -0.410. The summed E-state index contributed by atoms with van der Waals surface area (Å²) in [5.74, 6) is -0.128. The van der Waals surface area contributed by atoms with Crippen LogP contribution in [0.2, 0.25) is 0 Å². The Labute approximate surface area is 305 Å². The molecular weight excluding hydrogens is 610 g/mol. The molecule has 1 unspecified atom stereocenters. The number of carbonyl (C=O) groups excluding carboxylic acids is 2. The molecule has 0 aromatic rings. The average molecular weight is 696 g/mol. The van der Waals surface area contributed by atoms with Crippen LogP contribution in [0.5, 0.6) is 0 Å². The van der Waals surface area contributed by atoms with Crippen molar-refractivity contribution in [2.45, 2.75) is 238 Å². The zero-order valence-corrected chi connectivity index (χ0v) is 33.4. The summed E-state index contributed by atoms with van der Waals surface area (Å²) < 4.78 is 11.4. The van der Waals surface area contributed by atoms with E-state index >= 15 is 0 Å². The van der Waals surface area contributed by atoms with Gasteiger partial charge in [-0.15, -0.1) is 0 Å². The Kier molecular flexibility index (Phi) is 37.2. The third-order valence-corrected chi connectivity index (χ3v) is 9.93. The van der Waals surface area contributed by atoms with Gasteiger partial charge in [-0.1, -0.05) is 156 Å². The van der Waals surface area contributed by atoms with Crippen LogP contribution in [0.4, 0.5) is 0 Å². The first-order chi connectivity index (χ1) is 23.9. The molecule has 0 aliphatic rings. The van der Waals surface area contributed by atoms with E-state index in [1.54, 1.807) is 0 Å². The maximum atomic E-state index is 12.6. The van der Waals surface area contributed by atoms with Crippen molar-refractivity contribution in [1.82, 2.24) is 4.90 Å². The fourth-order valence-electron chi connectivity index (χ4n) is 6.69. The number of esters is 2. The predicted octanol–water partition coefficient (Wildman–Crippen LogP) is 12.3. The van der Waals surface area contributed by atoms with Crippen LogP contribution in [0, 0.1) is 0 Å². The first kappa shape index (κ1) is 47.9. The number of nitrogens with zero attached hydrogens (tertiary/aromatic N) is 1. The Balaban J connectivity index is 3.87. The first-order valence-electron chi connectivity index (χ1n) is 21.6. The average Bonchev–Trinajstić information content (AvgIpc) is 3.08. The van der Waals surface area contributed by atoms with Crippen LogP contribution in [0.15, 0.2) is 0 Å². The number of aliphatic hydroxyl groups is 1. The standard InChI is InChI=1S/C43H85NO5/c1-5-8-11-14-17-18-19-25-30-38-48-42(46)36-31-32-40(45)39-44(4)37-29-24-20-23-28-35-43(47)49-41(33-26-21-15-12-9-6-2)34-27-22-16-13-10-7-3/h40-41,45H,5-39H2,1-4H3. The summed E-state index contributed by atoms with van der Waals surface area (Å²) in [6, 6.07) is 0. The molecule has 0 aromatic carbocycles. The number of hydrogen-bond acceptors (Lipinski definition) is 6. The Morgan fingerprint density at radius 1 is 0.510 bits per heavy atom. The van der Waals surface area contributed by atoms with Crippen LogP contribution in [-0.2, 0) is 19.1 Å². The Bertz CT molecular complexity index is 686. The molecule has 6 heteroatoms. The van der Waals surface area contributed by atoms with Crippen molar-refractivity contribution in [2.75, 3.05) is 26.7 Å². The molecular formula is C43H85NO5. The van der Waals surface area contributed by atoms with Gasteiger partial charge >= 0.3 is 11.9 Å². The van der Waals surface area contributed by atoms with Gasteiger partial charge in [-0.05, 0) is 71.4 Å². The fourth-order valence-corrected chi connectivity index (χ4v) is 6.69. The number of rotatable bonds is 39. The second-order valence-corrected chi connectivity index (χ2v) is 15.1. The molecule has 0 aromatic heterocycles. The second kappa shape index (κ2) is 38.1. The lowest BCUT2D eigenvalue weighted by Gasteiger charge is -2.20. The SMILES string of the molecule is CCCCCCCCCCCOC(=O)CCCC(O)CN(C)CCCCCCCC(=O)OC(CCCCCCCC)CCCCCCCC. The molecule has 0 saturated carbocycles. The van der Waals surface area contributed by atoms with Gasteiger partial charge in [0.1, 0.15) is 6.10 Å². The Morgan fingerprint density at radius 2 is 0.939 bits per heavy atom. The van der Waals surface area contributed by atoms with Crippen LogP contribution in [0.25, 0.3) is 0 Å². The number of carbonyl (C=O) groups is 2. The molecule has 0 rings (SSSR count). The molecule has 0 aliphatic carbocycles. The number of likely N-dealkylation sites (N-methyl/N-ethyl adjacent to an activating group) is 1. The van der Waals surface area contributed by atoms with Crippen molar-refractivity contribution < 1.29 is 24.2 Å². The second-order valence-electron chi connectivity index (χ2n) is 15.1. The molecule has 0 fully saturated rings. The van der Waals surface area contributed by atoms with Crippen molar-refractivity contribution in [3.8, 4) is 0 Å². The summed E-state index contributed by atoms with van der Waals surface area (Å²) in [6.45, 7) is 8.89. The maximum absolute atomic E-state index is 12.6. The molecule has 0 spiro atoms. The molecule has 0 saturated heterocycles. The third-order valence-electron chi connectivity index (χ3n) is 9.93. The maximum Gasteiger partial charge on any atom is 0.306 e. The van der Waals surface area contributed by atoms with E-state index in [-0.39, 0.29) is 18.0 Å². The monoisotopic (exact) mass is 696 g/mol. The predicted molar refractivity (Wildman–Crippen MR) is 209 cm³/mol. The summed E-state index contributed by atoms with van der Waals surface area (Å²) in [6.07, 6.45) is 36.0. The topological polar surface area (TPSA) is 76.1 Å². The number of aliphatic hydroxyl groups excluding tert-OH is 1. The summed E-state index contributed by atoms with van der Waals surface area (Å²) in [7, 11) is 2.06. The first-order valence-corrected chi connectivity index (χ1v) is 21.6. The van der Waals surface area contributed by atoms with Crippen LogP contribution in [0.3, 0.4) is 0 Å². The number of unbranched alkanes of at least 4 members (excludes halogenated alkanes) is 22. The van der Waals surface area contributed by atoms with Gasteiger partial charge < -0.3 is 19.5 Å². The van der Waals surface area contributed by atoms with Gasteiger partial charge in [0.2, 0.25) is 0 Å². The lowest BCUT2D eigenvalue weighted by molar-refractivity contribution is -0.150. The third kappa shape index (κ3) is 36.5. The van der Waals surface area contributed by atoms with Gasteiger partial charge in [0.25, 0.3) is 0 Å². The van der Waals surface area contributed by atoms with E-state index in [0.29, 0.717) is 38.8 Å². The highest BCUT2D eigenvalue weighted by Crippen LogP contribution is 2.18. The van der Waals surface area contributed by atoms with Crippen molar-refractivity contribution in [2.24, 2.45) is 0 Å². The van der Waals surface area contributed by atoms with E-state index in [4.69, 9.17) is 9.47 Å². The van der Waals surface area contributed by atoms with E-state index in [1.165, 1.54) is 122 Å². The van der Waals surface area contributed by atoms with Crippen molar-refractivity contribution in [1.29, 1.82) is 0 Å². The highest BCUT2D eigenvalue weighted by molar-refractivity contribution is 5.69. The highest BCUT2D eigenvalue weighted by atomic mass is 16.5. The molecule has 0 aliphatic heterocycles. The molecule has 1 atom stereocenters. The number of hydrogen-bond donors (Lipinski definition) is 1. The molecule has 292 valence electrons. The van der Waals surface area contributed by atoms with Gasteiger partial charge in [0.15, 0.2) is 0 Å². The van der Waals surface area contributed by atoms with E-state index in [9.17, 15) is 14.7 Å². The normalized spacial score (nSPS) is 12.2. The summed E-state index contributed by atoms with van der Waals surface area (Å²) in [5, 5.41) is 10.4. The smallest absolute Gasteiger partial charge is 0.306 e. The highest BCUT2D eigenvalue weighted by Gasteiger charge is 2.15. The molecule has 0 radical (unpaired) electrons. The fraction of sp³-hybridized carbons (Fsp3) is 0.953. The van der Waals surface area contributed by atoms with E-state index in [1.807, 2.05) is 0 Å².